The molecule has 8 nitrogen and oxygen atoms in total. The van der Waals surface area contributed by atoms with Gasteiger partial charge in [0.1, 0.15) is 5.71 Å². The van der Waals surface area contributed by atoms with Crippen molar-refractivity contribution in [2.24, 2.45) is 5.10 Å². The quantitative estimate of drug-likeness (QED) is 0.688. The Bertz CT molecular complexity index is 660. The summed E-state index contributed by atoms with van der Waals surface area (Å²) >= 11 is 0. The lowest BCUT2D eigenvalue weighted by atomic mass is 9.78. The topological polar surface area (TPSA) is 116 Å². The van der Waals surface area contributed by atoms with Crippen molar-refractivity contribution in [3.8, 4) is 0 Å². The molecule has 2 aliphatic rings. The lowest BCUT2D eigenvalue weighted by Gasteiger charge is -2.35. The van der Waals surface area contributed by atoms with Crippen LogP contribution in [0.2, 0.25) is 0 Å². The molecule has 1 aliphatic carbocycles. The largest absolute Gasteiger partial charge is 0.348 e. The van der Waals surface area contributed by atoms with E-state index in [0.29, 0.717) is 12.1 Å². The normalized spacial score (nSPS) is 24.6. The van der Waals surface area contributed by atoms with Gasteiger partial charge in [-0.15, -0.1) is 0 Å². The number of carbonyl (C=O) groups excluding carboxylic acids is 2. The third-order valence-electron chi connectivity index (χ3n) is 3.76. The summed E-state index contributed by atoms with van der Waals surface area (Å²) in [4.78, 5) is 40.7. The molecule has 0 atom stereocenters. The fourth-order valence-corrected chi connectivity index (χ4v) is 2.49. The number of H-pyrrole nitrogens is 1. The van der Waals surface area contributed by atoms with E-state index in [2.05, 4.69) is 25.8 Å². The Hall–Kier alpha value is -2.51. The van der Waals surface area contributed by atoms with Crippen LogP contribution in [-0.4, -0.2) is 33.5 Å². The van der Waals surface area contributed by atoms with Crippen LogP contribution >= 0.6 is 0 Å². The van der Waals surface area contributed by atoms with E-state index in [1.807, 2.05) is 0 Å². The molecule has 2 heterocycles. The zero-order chi connectivity index (χ0) is 14.8. The Kier molecular flexibility index (Phi) is 3.51. The molecule has 21 heavy (non-hydrogen) atoms. The number of hydrogen-bond acceptors (Lipinski definition) is 5. The van der Waals surface area contributed by atoms with E-state index in [9.17, 15) is 14.4 Å². The minimum absolute atomic E-state index is 0.0592. The summed E-state index contributed by atoms with van der Waals surface area (Å²) in [6.07, 6.45) is 3.55. The predicted octanol–water partition coefficient (Wildman–Crippen LogP) is -0.602. The SMILES string of the molecule is O=C1CCC(C(=O)NC2CC(c3cc(=O)[nH]cn3)C2)=NN1. The first-order valence-electron chi connectivity index (χ1n) is 6.82. The number of aromatic amines is 1. The van der Waals surface area contributed by atoms with Crippen LogP contribution in [0.3, 0.4) is 0 Å². The molecule has 1 aromatic heterocycles. The summed E-state index contributed by atoms with van der Waals surface area (Å²) in [5.41, 5.74) is 3.25. The van der Waals surface area contributed by atoms with Crippen LogP contribution in [0, 0.1) is 0 Å². The first-order valence-corrected chi connectivity index (χ1v) is 6.82. The molecule has 1 aromatic rings. The van der Waals surface area contributed by atoms with Gasteiger partial charge in [-0.1, -0.05) is 0 Å². The molecular formula is C13H15N5O3. The smallest absolute Gasteiger partial charge is 0.267 e. The second kappa shape index (κ2) is 5.47. The third kappa shape index (κ3) is 2.99. The number of hydrazone groups is 1. The molecule has 0 spiro atoms. The van der Waals surface area contributed by atoms with E-state index < -0.39 is 0 Å². The molecule has 0 saturated heterocycles. The molecule has 0 radical (unpaired) electrons. The van der Waals surface area contributed by atoms with Crippen LogP contribution in [0.4, 0.5) is 0 Å². The van der Waals surface area contributed by atoms with Crippen molar-refractivity contribution in [3.05, 3.63) is 28.4 Å². The highest BCUT2D eigenvalue weighted by Gasteiger charge is 2.33. The van der Waals surface area contributed by atoms with Crippen LogP contribution in [0.1, 0.15) is 37.3 Å². The van der Waals surface area contributed by atoms with Gasteiger partial charge in [0.25, 0.3) is 11.5 Å². The summed E-state index contributed by atoms with van der Waals surface area (Å²) < 4.78 is 0. The van der Waals surface area contributed by atoms with Crippen LogP contribution in [0.5, 0.6) is 0 Å². The number of nitrogens with zero attached hydrogens (tertiary/aromatic N) is 2. The number of carbonyl (C=O) groups is 2. The maximum atomic E-state index is 11.9. The van der Waals surface area contributed by atoms with Gasteiger partial charge in [-0.3, -0.25) is 14.4 Å². The molecule has 3 rings (SSSR count). The number of nitrogens with one attached hydrogen (secondary N) is 3. The Morgan fingerprint density at radius 2 is 2.10 bits per heavy atom. The number of hydrogen-bond donors (Lipinski definition) is 3. The van der Waals surface area contributed by atoms with E-state index >= 15 is 0 Å². The lowest BCUT2D eigenvalue weighted by Crippen LogP contribution is -2.47. The first-order chi connectivity index (χ1) is 10.1. The van der Waals surface area contributed by atoms with Crippen molar-refractivity contribution >= 4 is 17.5 Å². The molecule has 3 N–H and O–H groups in total. The second-order valence-corrected chi connectivity index (χ2v) is 5.27. The zero-order valence-electron chi connectivity index (χ0n) is 11.3. The number of rotatable bonds is 3. The molecule has 1 fully saturated rings. The van der Waals surface area contributed by atoms with Gasteiger partial charge in [0, 0.05) is 30.9 Å². The highest BCUT2D eigenvalue weighted by Crippen LogP contribution is 2.35. The van der Waals surface area contributed by atoms with E-state index in [-0.39, 0.29) is 35.8 Å². The van der Waals surface area contributed by atoms with Crippen LogP contribution in [0.15, 0.2) is 22.3 Å². The van der Waals surface area contributed by atoms with Gasteiger partial charge in [0.15, 0.2) is 0 Å². The van der Waals surface area contributed by atoms with Crippen LogP contribution in [0.25, 0.3) is 0 Å². The minimum Gasteiger partial charge on any atom is -0.348 e. The molecule has 110 valence electrons. The molecule has 2 amide bonds. The summed E-state index contributed by atoms with van der Waals surface area (Å²) in [5, 5.41) is 6.64. The van der Waals surface area contributed by atoms with E-state index in [1.54, 1.807) is 0 Å². The fourth-order valence-electron chi connectivity index (χ4n) is 2.49. The monoisotopic (exact) mass is 289 g/mol. The molecule has 8 heteroatoms. The van der Waals surface area contributed by atoms with E-state index in [1.165, 1.54) is 12.4 Å². The molecule has 1 aliphatic heterocycles. The average Bonchev–Trinajstić information content (AvgIpc) is 2.43. The van der Waals surface area contributed by atoms with Gasteiger partial charge in [0.2, 0.25) is 5.91 Å². The summed E-state index contributed by atoms with van der Waals surface area (Å²) in [5.74, 6) is -0.210. The van der Waals surface area contributed by atoms with Crippen molar-refractivity contribution < 1.29 is 9.59 Å². The Morgan fingerprint density at radius 3 is 2.76 bits per heavy atom. The second-order valence-electron chi connectivity index (χ2n) is 5.27. The maximum Gasteiger partial charge on any atom is 0.267 e. The fraction of sp³-hybridized carbons (Fsp3) is 0.462. The predicted molar refractivity (Wildman–Crippen MR) is 73.6 cm³/mol. The van der Waals surface area contributed by atoms with Crippen molar-refractivity contribution in [2.75, 3.05) is 0 Å². The average molecular weight is 289 g/mol. The van der Waals surface area contributed by atoms with Gasteiger partial charge in [-0.25, -0.2) is 10.4 Å². The summed E-state index contributed by atoms with van der Waals surface area (Å²) in [6.45, 7) is 0. The molecular weight excluding hydrogens is 274 g/mol. The third-order valence-corrected chi connectivity index (χ3v) is 3.76. The Morgan fingerprint density at radius 1 is 1.29 bits per heavy atom. The highest BCUT2D eigenvalue weighted by atomic mass is 16.2. The van der Waals surface area contributed by atoms with Crippen molar-refractivity contribution in [2.45, 2.75) is 37.6 Å². The number of amides is 2. The molecule has 0 aromatic carbocycles. The maximum absolute atomic E-state index is 11.9. The van der Waals surface area contributed by atoms with E-state index in [0.717, 1.165) is 18.5 Å². The minimum atomic E-state index is -0.239. The van der Waals surface area contributed by atoms with Gasteiger partial charge in [-0.2, -0.15) is 5.10 Å². The molecule has 1 saturated carbocycles. The zero-order valence-corrected chi connectivity index (χ0v) is 11.3. The highest BCUT2D eigenvalue weighted by molar-refractivity contribution is 6.39. The molecule has 0 bridgehead atoms. The molecule has 0 unspecified atom stereocenters. The van der Waals surface area contributed by atoms with Gasteiger partial charge in [0.05, 0.1) is 12.0 Å². The van der Waals surface area contributed by atoms with Crippen molar-refractivity contribution in [1.82, 2.24) is 20.7 Å². The van der Waals surface area contributed by atoms with Crippen molar-refractivity contribution in [3.63, 3.8) is 0 Å². The summed E-state index contributed by atoms with van der Waals surface area (Å²) in [6, 6.07) is 1.55. The Balaban J connectivity index is 1.52. The van der Waals surface area contributed by atoms with Gasteiger partial charge < -0.3 is 10.3 Å². The van der Waals surface area contributed by atoms with Crippen LogP contribution < -0.4 is 16.3 Å². The Labute approximate surface area is 120 Å². The standard InChI is InChI=1S/C13H15N5O3/c19-11-2-1-9(17-18-11)13(21)16-8-3-7(4-8)10-5-12(20)15-6-14-10/h5-8H,1-4H2,(H,16,21)(H,18,19)(H,14,15,20). The first kappa shape index (κ1) is 13.5. The van der Waals surface area contributed by atoms with Crippen LogP contribution in [-0.2, 0) is 9.59 Å². The van der Waals surface area contributed by atoms with E-state index in [4.69, 9.17) is 0 Å². The van der Waals surface area contributed by atoms with Crippen molar-refractivity contribution in [1.29, 1.82) is 0 Å². The summed E-state index contributed by atoms with van der Waals surface area (Å²) in [7, 11) is 0. The van der Waals surface area contributed by atoms with Gasteiger partial charge in [-0.05, 0) is 12.8 Å². The number of aromatic nitrogens is 2. The lowest BCUT2D eigenvalue weighted by molar-refractivity contribution is -0.121. The van der Waals surface area contributed by atoms with Gasteiger partial charge >= 0.3 is 0 Å².